The molecule has 0 fully saturated rings. The summed E-state index contributed by atoms with van der Waals surface area (Å²) in [4.78, 5) is 34.0. The number of aromatic nitrogens is 2. The molecular weight excluding hydrogens is 567 g/mol. The van der Waals surface area contributed by atoms with Crippen molar-refractivity contribution in [3.63, 3.8) is 0 Å². The summed E-state index contributed by atoms with van der Waals surface area (Å²) in [6.45, 7) is 5.32. The number of amides is 1. The minimum atomic E-state index is -0.772. The molecule has 0 aliphatic carbocycles. The highest BCUT2D eigenvalue weighted by Crippen LogP contribution is 2.41. The number of hydrogen-bond acceptors (Lipinski definition) is 6. The Bertz CT molecular complexity index is 1740. The molecule has 3 aromatic carbocycles. The van der Waals surface area contributed by atoms with Crippen LogP contribution in [0, 0.1) is 17.1 Å². The number of benzene rings is 3. The summed E-state index contributed by atoms with van der Waals surface area (Å²) in [7, 11) is 1.35. The van der Waals surface area contributed by atoms with Crippen molar-refractivity contribution in [2.75, 3.05) is 12.0 Å². The number of carbonyl (C=O) groups is 1. The molecule has 10 heteroatoms. The van der Waals surface area contributed by atoms with Gasteiger partial charge in [0.15, 0.2) is 11.6 Å². The molecule has 0 radical (unpaired) electrons. The molecule has 1 amide bonds. The number of fused-ring (bicyclic) bond motifs is 2. The average Bonchev–Trinajstić information content (AvgIpc) is 3.27. The summed E-state index contributed by atoms with van der Waals surface area (Å²) in [5, 5.41) is 9.65. The second-order valence-electron chi connectivity index (χ2n) is 10.1. The van der Waals surface area contributed by atoms with Crippen LogP contribution in [0.2, 0.25) is 0 Å². The van der Waals surface area contributed by atoms with Crippen molar-refractivity contribution >= 4 is 38.6 Å². The molecule has 39 heavy (non-hydrogen) atoms. The lowest BCUT2D eigenvalue weighted by Crippen LogP contribution is -2.40. The normalized spacial score (nSPS) is 14.7. The zero-order chi connectivity index (χ0) is 28.1. The van der Waals surface area contributed by atoms with Gasteiger partial charge in [-0.05, 0) is 72.6 Å². The molecular formula is C29H24BrFN4O4. The fourth-order valence-corrected chi connectivity index (χ4v) is 5.28. The van der Waals surface area contributed by atoms with Crippen LogP contribution >= 0.6 is 15.9 Å². The van der Waals surface area contributed by atoms with Crippen LogP contribution in [0.25, 0.3) is 16.6 Å². The van der Waals surface area contributed by atoms with Crippen molar-refractivity contribution < 1.29 is 18.7 Å². The van der Waals surface area contributed by atoms with Gasteiger partial charge in [-0.3, -0.25) is 14.3 Å². The number of hydrogen-bond donors (Lipinski definition) is 0. The molecule has 0 N–H and O–H groups in total. The Morgan fingerprint density at radius 1 is 1.18 bits per heavy atom. The van der Waals surface area contributed by atoms with E-state index in [0.717, 1.165) is 5.56 Å². The first-order chi connectivity index (χ1) is 18.5. The van der Waals surface area contributed by atoms with Gasteiger partial charge in [-0.1, -0.05) is 18.2 Å². The first-order valence-corrected chi connectivity index (χ1v) is 12.9. The monoisotopic (exact) mass is 590 g/mol. The Labute approximate surface area is 232 Å². The SMILES string of the molecule is COc1ccc(-n2c([C@H]3Cc4ccccc4N3C(=O)OC(C)(C)C)nc3c(Br)cc(C#N)cc3c2=O)cc1F. The third-order valence-corrected chi connectivity index (χ3v) is 6.94. The first-order valence-electron chi connectivity index (χ1n) is 12.1. The number of halogens is 2. The number of methoxy groups -OCH3 is 1. The van der Waals surface area contributed by atoms with Gasteiger partial charge in [0.1, 0.15) is 17.5 Å². The van der Waals surface area contributed by atoms with Crippen molar-refractivity contribution in [2.24, 2.45) is 0 Å². The Hall–Kier alpha value is -4.23. The fraction of sp³-hybridized carbons (Fsp3) is 0.241. The van der Waals surface area contributed by atoms with E-state index in [1.807, 2.05) is 30.3 Å². The topological polar surface area (TPSA) is 97.4 Å². The van der Waals surface area contributed by atoms with Gasteiger partial charge in [-0.25, -0.2) is 14.2 Å². The summed E-state index contributed by atoms with van der Waals surface area (Å²) in [5.41, 5.74) is 0.993. The smallest absolute Gasteiger partial charge is 0.415 e. The lowest BCUT2D eigenvalue weighted by atomic mass is 10.1. The second-order valence-corrected chi connectivity index (χ2v) is 10.9. The van der Waals surface area contributed by atoms with E-state index < -0.39 is 29.1 Å². The van der Waals surface area contributed by atoms with Gasteiger partial charge in [0.25, 0.3) is 5.56 Å². The first kappa shape index (κ1) is 26.4. The Kier molecular flexibility index (Phi) is 6.64. The van der Waals surface area contributed by atoms with Gasteiger partial charge >= 0.3 is 6.09 Å². The zero-order valence-electron chi connectivity index (χ0n) is 21.7. The Morgan fingerprint density at radius 2 is 1.92 bits per heavy atom. The van der Waals surface area contributed by atoms with Crippen LogP contribution in [-0.2, 0) is 11.2 Å². The summed E-state index contributed by atoms with van der Waals surface area (Å²) in [5.74, 6) is -0.441. The molecule has 1 aliphatic rings. The maximum Gasteiger partial charge on any atom is 0.415 e. The van der Waals surface area contributed by atoms with Crippen LogP contribution in [0.1, 0.15) is 43.8 Å². The third kappa shape index (κ3) is 4.74. The quantitative estimate of drug-likeness (QED) is 0.281. The predicted molar refractivity (Wildman–Crippen MR) is 148 cm³/mol. The molecule has 8 nitrogen and oxygen atoms in total. The maximum atomic E-state index is 14.9. The van der Waals surface area contributed by atoms with Crippen molar-refractivity contribution in [3.8, 4) is 17.5 Å². The van der Waals surface area contributed by atoms with E-state index in [1.54, 1.807) is 32.9 Å². The van der Waals surface area contributed by atoms with Crippen LogP contribution in [0.3, 0.4) is 0 Å². The van der Waals surface area contributed by atoms with E-state index in [4.69, 9.17) is 14.5 Å². The van der Waals surface area contributed by atoms with Gasteiger partial charge in [0, 0.05) is 17.0 Å². The zero-order valence-corrected chi connectivity index (χ0v) is 23.2. The van der Waals surface area contributed by atoms with Crippen LogP contribution < -0.4 is 15.2 Å². The van der Waals surface area contributed by atoms with Crippen molar-refractivity contribution in [1.82, 2.24) is 9.55 Å². The molecule has 1 aromatic heterocycles. The molecule has 4 aromatic rings. The molecule has 2 heterocycles. The fourth-order valence-electron chi connectivity index (χ4n) is 4.73. The number of nitrogens with zero attached hydrogens (tertiary/aromatic N) is 4. The number of rotatable bonds is 3. The summed E-state index contributed by atoms with van der Waals surface area (Å²) >= 11 is 3.45. The van der Waals surface area contributed by atoms with Gasteiger partial charge < -0.3 is 9.47 Å². The predicted octanol–water partition coefficient (Wildman–Crippen LogP) is 6.21. The molecule has 1 atom stereocenters. The molecule has 0 spiro atoms. The largest absolute Gasteiger partial charge is 0.494 e. The molecule has 0 bridgehead atoms. The van der Waals surface area contributed by atoms with E-state index in [-0.39, 0.29) is 28.2 Å². The Balaban J connectivity index is 1.82. The van der Waals surface area contributed by atoms with Crippen LogP contribution in [0.5, 0.6) is 5.75 Å². The lowest BCUT2D eigenvalue weighted by molar-refractivity contribution is 0.0567. The minimum absolute atomic E-state index is 0.0141. The van der Waals surface area contributed by atoms with Gasteiger partial charge in [0.2, 0.25) is 0 Å². The Morgan fingerprint density at radius 3 is 2.59 bits per heavy atom. The van der Waals surface area contributed by atoms with E-state index in [9.17, 15) is 19.2 Å². The van der Waals surface area contributed by atoms with E-state index in [2.05, 4.69) is 15.9 Å². The highest BCUT2D eigenvalue weighted by atomic mass is 79.9. The number of anilines is 1. The van der Waals surface area contributed by atoms with Crippen LogP contribution in [0.4, 0.5) is 14.9 Å². The molecule has 0 unspecified atom stereocenters. The van der Waals surface area contributed by atoms with Gasteiger partial charge in [0.05, 0.1) is 41.0 Å². The molecule has 198 valence electrons. The number of ether oxygens (including phenoxy) is 2. The molecule has 1 aliphatic heterocycles. The molecule has 0 saturated heterocycles. The summed E-state index contributed by atoms with van der Waals surface area (Å²) in [6, 6.07) is 15.9. The van der Waals surface area contributed by atoms with Gasteiger partial charge in [-0.2, -0.15) is 5.26 Å². The van der Waals surface area contributed by atoms with E-state index in [1.165, 1.54) is 34.8 Å². The van der Waals surface area contributed by atoms with Gasteiger partial charge in [-0.15, -0.1) is 0 Å². The summed E-state index contributed by atoms with van der Waals surface area (Å²) < 4.78 is 27.4. The number of para-hydroxylation sites is 1. The van der Waals surface area contributed by atoms with Crippen LogP contribution in [0.15, 0.2) is 63.9 Å². The van der Waals surface area contributed by atoms with Crippen molar-refractivity contribution in [1.29, 1.82) is 5.26 Å². The molecule has 5 rings (SSSR count). The maximum absolute atomic E-state index is 14.9. The van der Waals surface area contributed by atoms with Crippen molar-refractivity contribution in [3.05, 3.63) is 92.2 Å². The number of nitriles is 1. The lowest BCUT2D eigenvalue weighted by Gasteiger charge is -2.30. The van der Waals surface area contributed by atoms with E-state index >= 15 is 0 Å². The average molecular weight is 591 g/mol. The second kappa shape index (κ2) is 9.82. The highest BCUT2D eigenvalue weighted by Gasteiger charge is 2.40. The number of carbonyl (C=O) groups excluding carboxylic acids is 1. The van der Waals surface area contributed by atoms with Crippen LogP contribution in [-0.4, -0.2) is 28.4 Å². The highest BCUT2D eigenvalue weighted by molar-refractivity contribution is 9.10. The van der Waals surface area contributed by atoms with E-state index in [0.29, 0.717) is 22.1 Å². The van der Waals surface area contributed by atoms with Crippen molar-refractivity contribution in [2.45, 2.75) is 38.8 Å². The summed E-state index contributed by atoms with van der Waals surface area (Å²) in [6.07, 6.45) is -0.252. The third-order valence-electron chi connectivity index (χ3n) is 6.34. The minimum Gasteiger partial charge on any atom is -0.494 e. The molecule has 0 saturated carbocycles. The standard InChI is InChI=1S/C29H24BrFN4O4/c1-29(2,3)39-28(37)35-22-8-6-5-7-17(22)13-23(35)26-33-25-19(11-16(15-32)12-20(25)30)27(36)34(26)18-9-10-24(38-4)21(31)14-18/h5-12,14,23H,13H2,1-4H3/t23-/m1/s1.